The van der Waals surface area contributed by atoms with Crippen LogP contribution in [-0.2, 0) is 54.3 Å². The van der Waals surface area contributed by atoms with Gasteiger partial charge in [-0.15, -0.1) is 12.3 Å². The molecular formula is C48H70N6O10. The molecule has 1 aromatic carbocycles. The van der Waals surface area contributed by atoms with Crippen molar-refractivity contribution in [1.82, 2.24) is 30.7 Å². The predicted molar refractivity (Wildman–Crippen MR) is 238 cm³/mol. The van der Waals surface area contributed by atoms with E-state index in [4.69, 9.17) is 15.9 Å². The number of fused-ring (bicyclic) bond motifs is 2. The van der Waals surface area contributed by atoms with Gasteiger partial charge in [0.1, 0.15) is 42.4 Å². The largest absolute Gasteiger partial charge is 0.460 e. The highest BCUT2D eigenvalue weighted by molar-refractivity contribution is 5.97. The van der Waals surface area contributed by atoms with Gasteiger partial charge in [0.05, 0.1) is 5.41 Å². The van der Waals surface area contributed by atoms with Gasteiger partial charge >= 0.3 is 11.9 Å². The molecule has 4 rings (SSSR count). The predicted octanol–water partition coefficient (Wildman–Crippen LogP) is 3.15. The second kappa shape index (κ2) is 22.4. The van der Waals surface area contributed by atoms with Crippen LogP contribution in [0.4, 0.5) is 0 Å². The third-order valence-corrected chi connectivity index (χ3v) is 12.7. The van der Waals surface area contributed by atoms with Crippen LogP contribution in [0.5, 0.6) is 0 Å². The van der Waals surface area contributed by atoms with Crippen LogP contribution < -0.4 is 16.0 Å². The molecule has 3 fully saturated rings. The van der Waals surface area contributed by atoms with Crippen molar-refractivity contribution in [3.05, 3.63) is 35.9 Å². The van der Waals surface area contributed by atoms with Gasteiger partial charge in [-0.3, -0.25) is 28.8 Å². The van der Waals surface area contributed by atoms with Crippen LogP contribution in [0.15, 0.2) is 30.3 Å². The van der Waals surface area contributed by atoms with Crippen molar-refractivity contribution in [2.75, 3.05) is 20.1 Å². The molecule has 3 heterocycles. The first kappa shape index (κ1) is 51.2. The average molecular weight is 891 g/mol. The van der Waals surface area contributed by atoms with Crippen molar-refractivity contribution < 1.29 is 47.8 Å². The lowest BCUT2D eigenvalue weighted by Crippen LogP contribution is -2.59. The van der Waals surface area contributed by atoms with Gasteiger partial charge < -0.3 is 40.1 Å². The van der Waals surface area contributed by atoms with E-state index in [0.717, 1.165) is 0 Å². The number of hydrogen-bond donors (Lipinski definition) is 3. The van der Waals surface area contributed by atoms with Crippen molar-refractivity contribution >= 4 is 47.4 Å². The monoisotopic (exact) mass is 891 g/mol. The molecule has 0 saturated carbocycles. The molecule has 3 N–H and O–H groups in total. The molecule has 8 atom stereocenters. The molecule has 0 aliphatic carbocycles. The van der Waals surface area contributed by atoms with Gasteiger partial charge in [-0.05, 0) is 82.6 Å². The molecule has 3 aliphatic heterocycles. The Hall–Kier alpha value is -5.46. The number of esters is 2. The van der Waals surface area contributed by atoms with E-state index in [1.807, 2.05) is 6.07 Å². The van der Waals surface area contributed by atoms with E-state index in [-0.39, 0.29) is 25.9 Å². The summed E-state index contributed by atoms with van der Waals surface area (Å²) in [6, 6.07) is 2.47. The Bertz CT molecular complexity index is 1910. The Morgan fingerprint density at radius 2 is 1.33 bits per heavy atom. The van der Waals surface area contributed by atoms with Gasteiger partial charge in [-0.25, -0.2) is 9.59 Å². The molecule has 0 aromatic heterocycles. The second-order valence-electron chi connectivity index (χ2n) is 19.0. The topological polar surface area (TPSA) is 201 Å². The Morgan fingerprint density at radius 1 is 0.734 bits per heavy atom. The Labute approximate surface area is 378 Å². The van der Waals surface area contributed by atoms with Crippen LogP contribution in [0.25, 0.3) is 0 Å². The Kier molecular flexibility index (Phi) is 17.9. The van der Waals surface area contributed by atoms with Crippen molar-refractivity contribution in [3.63, 3.8) is 0 Å². The number of cyclic esters (lactones) is 2. The van der Waals surface area contributed by atoms with E-state index in [0.29, 0.717) is 44.1 Å². The molecule has 0 radical (unpaired) electrons. The van der Waals surface area contributed by atoms with Gasteiger partial charge in [0, 0.05) is 33.0 Å². The smallest absolute Gasteiger partial charge is 0.329 e. The van der Waals surface area contributed by atoms with E-state index in [9.17, 15) is 38.4 Å². The van der Waals surface area contributed by atoms with Crippen LogP contribution in [0.1, 0.15) is 113 Å². The van der Waals surface area contributed by atoms with Crippen molar-refractivity contribution in [2.45, 2.75) is 162 Å². The van der Waals surface area contributed by atoms with Crippen molar-refractivity contribution in [3.8, 4) is 12.3 Å². The summed E-state index contributed by atoms with van der Waals surface area (Å²) in [6.45, 7) is 15.6. The summed E-state index contributed by atoms with van der Waals surface area (Å²) in [4.78, 5) is 118. The molecule has 16 nitrogen and oxygen atoms in total. The molecule has 0 unspecified atom stereocenters. The number of terminal acetylenes is 1. The number of carbonyl (C=O) groups is 8. The third-order valence-electron chi connectivity index (χ3n) is 12.7. The SMILES string of the molecule is C#CCCC[C@@H]1OC(=O)[C@H](Cc2ccccc2)NC(=O)[C@H](C(C)C)NC(=O)[C@H]2CCCN2C(=O)[C@H]2CCCN2C(=O)[C@H](C)OC(=O)[C@H](C(C)C)N(C)C(=O)[C@@H](C(C)C)NC(=O)C1(C)C. The van der Waals surface area contributed by atoms with E-state index in [1.54, 1.807) is 79.7 Å². The number of hydrogen-bond acceptors (Lipinski definition) is 10. The second-order valence-corrected chi connectivity index (χ2v) is 19.0. The lowest BCUT2D eigenvalue weighted by atomic mass is 9.82. The summed E-state index contributed by atoms with van der Waals surface area (Å²) in [5, 5.41) is 8.56. The minimum Gasteiger partial charge on any atom is -0.460 e. The molecule has 0 bridgehead atoms. The molecule has 6 amide bonds. The molecule has 64 heavy (non-hydrogen) atoms. The fourth-order valence-electron chi connectivity index (χ4n) is 8.80. The molecular weight excluding hydrogens is 821 g/mol. The Morgan fingerprint density at radius 3 is 1.91 bits per heavy atom. The number of unbranched alkanes of at least 4 members (excludes halogenated alkanes) is 1. The summed E-state index contributed by atoms with van der Waals surface area (Å²) in [7, 11) is 1.44. The molecule has 3 saturated heterocycles. The van der Waals surface area contributed by atoms with Gasteiger partial charge in [-0.1, -0.05) is 71.9 Å². The summed E-state index contributed by atoms with van der Waals surface area (Å²) in [5.74, 6) is -3.89. The zero-order valence-corrected chi connectivity index (χ0v) is 39.3. The van der Waals surface area contributed by atoms with E-state index >= 15 is 0 Å². The van der Waals surface area contributed by atoms with Gasteiger partial charge in [0.15, 0.2) is 6.10 Å². The quantitative estimate of drug-likeness (QED) is 0.198. The van der Waals surface area contributed by atoms with E-state index in [1.165, 1.54) is 28.7 Å². The van der Waals surface area contributed by atoms with Crippen LogP contribution in [0.3, 0.4) is 0 Å². The van der Waals surface area contributed by atoms with Gasteiger partial charge in [0.25, 0.3) is 5.91 Å². The fourth-order valence-corrected chi connectivity index (χ4v) is 8.80. The lowest BCUT2D eigenvalue weighted by Gasteiger charge is -2.37. The zero-order chi connectivity index (χ0) is 47.6. The fraction of sp³-hybridized carbons (Fsp3) is 0.667. The van der Waals surface area contributed by atoms with Crippen molar-refractivity contribution in [1.29, 1.82) is 0 Å². The summed E-state index contributed by atoms with van der Waals surface area (Å²) < 4.78 is 12.0. The number of nitrogens with one attached hydrogen (secondary N) is 3. The first-order valence-electron chi connectivity index (χ1n) is 22.8. The highest BCUT2D eigenvalue weighted by Gasteiger charge is 2.47. The van der Waals surface area contributed by atoms with Crippen molar-refractivity contribution in [2.24, 2.45) is 23.2 Å². The molecule has 352 valence electrons. The third kappa shape index (κ3) is 12.2. The molecule has 16 heteroatoms. The first-order valence-corrected chi connectivity index (χ1v) is 22.8. The highest BCUT2D eigenvalue weighted by Crippen LogP contribution is 2.31. The zero-order valence-electron chi connectivity index (χ0n) is 39.3. The van der Waals surface area contributed by atoms with Crippen LogP contribution in [0, 0.1) is 35.5 Å². The van der Waals surface area contributed by atoms with E-state index < -0.39 is 119 Å². The summed E-state index contributed by atoms with van der Waals surface area (Å²) in [6.07, 6.45) is 5.76. The number of likely N-dealkylation sites (N-methyl/N-ethyl adjacent to an activating group) is 1. The number of ether oxygens (including phenoxy) is 2. The number of amides is 6. The maximum absolute atomic E-state index is 14.4. The number of benzene rings is 1. The Balaban J connectivity index is 1.81. The maximum Gasteiger partial charge on any atom is 0.329 e. The van der Waals surface area contributed by atoms with Crippen LogP contribution in [0.2, 0.25) is 0 Å². The minimum atomic E-state index is -1.46. The number of rotatable bonds is 8. The standard InChI is InChI=1S/C48H70N6O10/c1-12-13-15-24-36-48(9,10)47(62)51-38(29(4)5)44(59)52(11)39(30(6)7)46(61)63-31(8)42(57)54-26-19-23-35(54)43(58)53-25-18-22-34(53)40(55)50-37(28(2)3)41(56)49-33(45(60)64-36)27-32-20-16-14-17-21-32/h1,14,16-17,20-21,28-31,33-39H,13,15,18-19,22-27H2,2-11H3,(H,49,56)(H,50,55)(H,51,62)/t31-,33-,34+,35+,36-,37-,38+,39-/m0/s1. The number of carbonyl (C=O) groups excluding carboxylic acids is 8. The lowest BCUT2D eigenvalue weighted by molar-refractivity contribution is -0.168. The summed E-state index contributed by atoms with van der Waals surface area (Å²) in [5.41, 5.74) is -0.748. The van der Waals surface area contributed by atoms with Gasteiger partial charge in [-0.2, -0.15) is 0 Å². The number of nitrogens with zero attached hydrogens (tertiary/aromatic N) is 3. The normalized spacial score (nSPS) is 28.4. The molecule has 3 aliphatic rings. The van der Waals surface area contributed by atoms with Gasteiger partial charge in [0.2, 0.25) is 29.5 Å². The molecule has 0 spiro atoms. The molecule has 1 aromatic rings. The summed E-state index contributed by atoms with van der Waals surface area (Å²) >= 11 is 0. The minimum absolute atomic E-state index is 0.0176. The van der Waals surface area contributed by atoms with Crippen LogP contribution >= 0.6 is 0 Å². The van der Waals surface area contributed by atoms with Crippen LogP contribution in [-0.4, -0.2) is 131 Å². The average Bonchev–Trinajstić information content (AvgIpc) is 3.94. The highest BCUT2D eigenvalue weighted by atomic mass is 16.6. The first-order chi connectivity index (χ1) is 30.1. The maximum atomic E-state index is 14.4. The van der Waals surface area contributed by atoms with E-state index in [2.05, 4.69) is 21.9 Å².